The Balaban J connectivity index is 1.82. The van der Waals surface area contributed by atoms with Crippen molar-refractivity contribution in [2.24, 2.45) is 7.05 Å². The van der Waals surface area contributed by atoms with E-state index in [1.807, 2.05) is 61.1 Å². The van der Waals surface area contributed by atoms with E-state index in [2.05, 4.69) is 29.4 Å². The van der Waals surface area contributed by atoms with E-state index in [9.17, 15) is 4.79 Å². The Bertz CT molecular complexity index is 830. The van der Waals surface area contributed by atoms with Gasteiger partial charge in [0.25, 0.3) is 5.91 Å². The van der Waals surface area contributed by atoms with Gasteiger partial charge in [-0.15, -0.1) is 0 Å². The van der Waals surface area contributed by atoms with E-state index >= 15 is 0 Å². The Labute approximate surface area is 135 Å². The number of imidazole rings is 1. The summed E-state index contributed by atoms with van der Waals surface area (Å²) in [5, 5.41) is 2.86. The van der Waals surface area contributed by atoms with Crippen LogP contribution in [0.2, 0.25) is 0 Å². The van der Waals surface area contributed by atoms with Crippen LogP contribution in [0.4, 0.5) is 5.95 Å². The smallest absolute Gasteiger partial charge is 0.257 e. The first-order valence-electron chi connectivity index (χ1n) is 7.51. The van der Waals surface area contributed by atoms with Crippen LogP contribution < -0.4 is 5.32 Å². The highest BCUT2D eigenvalue weighted by molar-refractivity contribution is 6.03. The summed E-state index contributed by atoms with van der Waals surface area (Å²) in [7, 11) is 1.87. The molecule has 3 aromatic rings. The lowest BCUT2D eigenvalue weighted by Crippen LogP contribution is -2.14. The molecule has 0 atom stereocenters. The SMILES string of the molecule is Cc1ccc(C(=O)Nc2nc(-c3ccc(C)cc3)cn2C)cc1. The van der Waals surface area contributed by atoms with Gasteiger partial charge in [-0.2, -0.15) is 0 Å². The largest absolute Gasteiger partial charge is 0.320 e. The molecule has 0 aliphatic heterocycles. The number of benzene rings is 2. The van der Waals surface area contributed by atoms with E-state index < -0.39 is 0 Å². The molecule has 4 heteroatoms. The van der Waals surface area contributed by atoms with Gasteiger partial charge in [0, 0.05) is 24.4 Å². The highest BCUT2D eigenvalue weighted by Gasteiger charge is 2.11. The number of carbonyl (C=O) groups excluding carboxylic acids is 1. The lowest BCUT2D eigenvalue weighted by Gasteiger charge is -2.04. The predicted molar refractivity (Wildman–Crippen MR) is 92.5 cm³/mol. The van der Waals surface area contributed by atoms with E-state index in [0.717, 1.165) is 16.8 Å². The minimum atomic E-state index is -0.158. The Morgan fingerprint density at radius 2 is 1.52 bits per heavy atom. The van der Waals surface area contributed by atoms with Crippen molar-refractivity contribution in [2.75, 3.05) is 5.32 Å². The third kappa shape index (κ3) is 3.31. The topological polar surface area (TPSA) is 46.9 Å². The van der Waals surface area contributed by atoms with Gasteiger partial charge in [0.1, 0.15) is 0 Å². The molecule has 23 heavy (non-hydrogen) atoms. The molecule has 2 aromatic carbocycles. The number of nitrogens with zero attached hydrogens (tertiary/aromatic N) is 2. The summed E-state index contributed by atoms with van der Waals surface area (Å²) in [5.74, 6) is 0.375. The number of nitrogens with one attached hydrogen (secondary N) is 1. The summed E-state index contributed by atoms with van der Waals surface area (Å²) in [6, 6.07) is 15.6. The van der Waals surface area contributed by atoms with Crippen LogP contribution in [0.25, 0.3) is 11.3 Å². The fourth-order valence-electron chi connectivity index (χ4n) is 2.32. The number of aryl methyl sites for hydroxylation is 3. The molecule has 0 radical (unpaired) electrons. The van der Waals surface area contributed by atoms with E-state index in [4.69, 9.17) is 0 Å². The summed E-state index contributed by atoms with van der Waals surface area (Å²) < 4.78 is 1.82. The molecule has 4 nitrogen and oxygen atoms in total. The third-order valence-corrected chi connectivity index (χ3v) is 3.76. The van der Waals surface area contributed by atoms with Crippen molar-refractivity contribution in [2.45, 2.75) is 13.8 Å². The summed E-state index contributed by atoms with van der Waals surface area (Å²) in [5.41, 5.74) is 4.82. The van der Waals surface area contributed by atoms with Gasteiger partial charge >= 0.3 is 0 Å². The van der Waals surface area contributed by atoms with Crippen LogP contribution in [-0.2, 0) is 7.05 Å². The second-order valence-corrected chi connectivity index (χ2v) is 5.75. The molecule has 0 spiro atoms. The molecule has 3 rings (SSSR count). The second kappa shape index (κ2) is 6.08. The van der Waals surface area contributed by atoms with Crippen LogP contribution in [-0.4, -0.2) is 15.5 Å². The van der Waals surface area contributed by atoms with Crippen molar-refractivity contribution < 1.29 is 4.79 Å². The molecule has 0 bridgehead atoms. The average molecular weight is 305 g/mol. The number of anilines is 1. The second-order valence-electron chi connectivity index (χ2n) is 5.75. The zero-order valence-corrected chi connectivity index (χ0v) is 13.5. The van der Waals surface area contributed by atoms with Gasteiger partial charge in [-0.25, -0.2) is 4.98 Å². The van der Waals surface area contributed by atoms with E-state index in [0.29, 0.717) is 11.5 Å². The molecule has 1 amide bonds. The van der Waals surface area contributed by atoms with Crippen molar-refractivity contribution in [1.29, 1.82) is 0 Å². The monoisotopic (exact) mass is 305 g/mol. The van der Waals surface area contributed by atoms with Crippen LogP contribution in [0.1, 0.15) is 21.5 Å². The maximum Gasteiger partial charge on any atom is 0.257 e. The number of hydrogen-bond donors (Lipinski definition) is 1. The number of carbonyl (C=O) groups is 1. The van der Waals surface area contributed by atoms with Gasteiger partial charge in [-0.1, -0.05) is 47.5 Å². The quantitative estimate of drug-likeness (QED) is 0.796. The molecule has 1 aromatic heterocycles. The van der Waals surface area contributed by atoms with Crippen LogP contribution >= 0.6 is 0 Å². The fraction of sp³-hybridized carbons (Fsp3) is 0.158. The van der Waals surface area contributed by atoms with Gasteiger partial charge in [0.2, 0.25) is 5.95 Å². The molecule has 0 fully saturated rings. The summed E-state index contributed by atoms with van der Waals surface area (Å²) in [6.45, 7) is 4.05. The Morgan fingerprint density at radius 1 is 0.957 bits per heavy atom. The highest BCUT2D eigenvalue weighted by atomic mass is 16.1. The van der Waals surface area contributed by atoms with Crippen LogP contribution in [0, 0.1) is 13.8 Å². The van der Waals surface area contributed by atoms with Crippen molar-refractivity contribution in [3.63, 3.8) is 0 Å². The minimum Gasteiger partial charge on any atom is -0.320 e. The van der Waals surface area contributed by atoms with Crippen LogP contribution in [0.5, 0.6) is 0 Å². The summed E-state index contributed by atoms with van der Waals surface area (Å²) >= 11 is 0. The van der Waals surface area contributed by atoms with Gasteiger partial charge in [-0.3, -0.25) is 10.1 Å². The number of aromatic nitrogens is 2. The molecule has 0 saturated heterocycles. The molecule has 1 heterocycles. The third-order valence-electron chi connectivity index (χ3n) is 3.76. The first-order valence-corrected chi connectivity index (χ1v) is 7.51. The highest BCUT2D eigenvalue weighted by Crippen LogP contribution is 2.21. The standard InChI is InChI=1S/C19H19N3O/c1-13-4-8-15(9-5-13)17-12-22(3)19(20-17)21-18(23)16-10-6-14(2)7-11-16/h4-12H,1-3H3,(H,20,21,23). The minimum absolute atomic E-state index is 0.158. The lowest BCUT2D eigenvalue weighted by atomic mass is 10.1. The van der Waals surface area contributed by atoms with Gasteiger partial charge in [0.05, 0.1) is 5.69 Å². The Morgan fingerprint density at radius 3 is 2.13 bits per heavy atom. The molecule has 0 aliphatic carbocycles. The van der Waals surface area contributed by atoms with E-state index in [1.165, 1.54) is 5.56 Å². The summed E-state index contributed by atoms with van der Waals surface area (Å²) in [6.07, 6.45) is 1.91. The lowest BCUT2D eigenvalue weighted by molar-refractivity contribution is 0.102. The van der Waals surface area contributed by atoms with Crippen LogP contribution in [0.3, 0.4) is 0 Å². The summed E-state index contributed by atoms with van der Waals surface area (Å²) in [4.78, 5) is 16.8. The van der Waals surface area contributed by atoms with Gasteiger partial charge < -0.3 is 4.57 Å². The van der Waals surface area contributed by atoms with Gasteiger partial charge in [0.15, 0.2) is 0 Å². The van der Waals surface area contributed by atoms with Crippen molar-refractivity contribution in [1.82, 2.24) is 9.55 Å². The number of rotatable bonds is 3. The van der Waals surface area contributed by atoms with Crippen molar-refractivity contribution in [3.05, 3.63) is 71.4 Å². The number of hydrogen-bond acceptors (Lipinski definition) is 2. The van der Waals surface area contributed by atoms with E-state index in [1.54, 1.807) is 0 Å². The Hall–Kier alpha value is -2.88. The van der Waals surface area contributed by atoms with Crippen molar-refractivity contribution in [3.8, 4) is 11.3 Å². The van der Waals surface area contributed by atoms with Crippen molar-refractivity contribution >= 4 is 11.9 Å². The molecule has 0 aliphatic rings. The molecule has 1 N–H and O–H groups in total. The fourth-order valence-corrected chi connectivity index (χ4v) is 2.32. The maximum absolute atomic E-state index is 12.3. The van der Waals surface area contributed by atoms with Gasteiger partial charge in [-0.05, 0) is 26.0 Å². The molecular formula is C19H19N3O. The molecule has 116 valence electrons. The number of amides is 1. The Kier molecular flexibility index (Phi) is 3.98. The van der Waals surface area contributed by atoms with Crippen LogP contribution in [0.15, 0.2) is 54.7 Å². The normalized spacial score (nSPS) is 10.6. The maximum atomic E-state index is 12.3. The predicted octanol–water partition coefficient (Wildman–Crippen LogP) is 3.96. The molecule has 0 unspecified atom stereocenters. The molecular weight excluding hydrogens is 286 g/mol. The zero-order valence-electron chi connectivity index (χ0n) is 13.5. The first-order chi connectivity index (χ1) is 11.0. The first kappa shape index (κ1) is 15.0. The van der Waals surface area contributed by atoms with E-state index in [-0.39, 0.29) is 5.91 Å². The average Bonchev–Trinajstić information content (AvgIpc) is 2.89. The zero-order chi connectivity index (χ0) is 16.4. The molecule has 0 saturated carbocycles.